The van der Waals surface area contributed by atoms with Crippen molar-refractivity contribution in [3.05, 3.63) is 24.3 Å². The third-order valence-corrected chi connectivity index (χ3v) is 2.04. The average molecular weight is 222 g/mol. The summed E-state index contributed by atoms with van der Waals surface area (Å²) in [7, 11) is 1.69. The van der Waals surface area contributed by atoms with E-state index < -0.39 is 0 Å². The van der Waals surface area contributed by atoms with Gasteiger partial charge in [-0.3, -0.25) is 4.79 Å². The zero-order chi connectivity index (χ0) is 11.8. The van der Waals surface area contributed by atoms with Crippen molar-refractivity contribution in [2.75, 3.05) is 30.9 Å². The fourth-order valence-corrected chi connectivity index (χ4v) is 1.36. The van der Waals surface area contributed by atoms with Gasteiger partial charge in [-0.2, -0.15) is 0 Å². The topological polar surface area (TPSA) is 50.4 Å². The van der Waals surface area contributed by atoms with Crippen LogP contribution in [0.1, 0.15) is 13.3 Å². The van der Waals surface area contributed by atoms with E-state index in [1.165, 1.54) is 6.92 Å². The van der Waals surface area contributed by atoms with Gasteiger partial charge in [-0.05, 0) is 24.6 Å². The minimum absolute atomic E-state index is 0.0588. The maximum absolute atomic E-state index is 10.9. The zero-order valence-corrected chi connectivity index (χ0v) is 9.75. The lowest BCUT2D eigenvalue weighted by Gasteiger charge is -2.08. The fourth-order valence-electron chi connectivity index (χ4n) is 1.36. The van der Waals surface area contributed by atoms with E-state index >= 15 is 0 Å². The molecule has 0 spiro atoms. The van der Waals surface area contributed by atoms with Crippen molar-refractivity contribution in [3.63, 3.8) is 0 Å². The maximum atomic E-state index is 10.9. The number of hydrogen-bond donors (Lipinski definition) is 2. The first-order valence-electron chi connectivity index (χ1n) is 5.33. The van der Waals surface area contributed by atoms with Crippen molar-refractivity contribution < 1.29 is 9.53 Å². The monoisotopic (exact) mass is 222 g/mol. The van der Waals surface area contributed by atoms with Gasteiger partial charge >= 0.3 is 0 Å². The number of amides is 1. The highest BCUT2D eigenvalue weighted by molar-refractivity contribution is 5.89. The van der Waals surface area contributed by atoms with Crippen LogP contribution in [0.2, 0.25) is 0 Å². The highest BCUT2D eigenvalue weighted by atomic mass is 16.5. The standard InChI is InChI=1S/C12H18N2O2/c1-10(15)14-12-6-3-5-11(9-12)13-7-4-8-16-2/h3,5-6,9,13H,4,7-8H2,1-2H3,(H,14,15). The summed E-state index contributed by atoms with van der Waals surface area (Å²) in [6.45, 7) is 3.11. The van der Waals surface area contributed by atoms with Gasteiger partial charge in [-0.15, -0.1) is 0 Å². The molecule has 0 aromatic heterocycles. The molecule has 0 saturated heterocycles. The Bertz CT molecular complexity index is 340. The molecule has 0 aliphatic rings. The molecular weight excluding hydrogens is 204 g/mol. The normalized spacial score (nSPS) is 9.88. The van der Waals surface area contributed by atoms with Crippen LogP contribution in [0.4, 0.5) is 11.4 Å². The first-order chi connectivity index (χ1) is 7.72. The summed E-state index contributed by atoms with van der Waals surface area (Å²) in [6.07, 6.45) is 0.959. The number of anilines is 2. The first kappa shape index (κ1) is 12.5. The van der Waals surface area contributed by atoms with E-state index in [0.29, 0.717) is 0 Å². The van der Waals surface area contributed by atoms with Gasteiger partial charge in [-0.1, -0.05) is 6.07 Å². The summed E-state index contributed by atoms with van der Waals surface area (Å²) in [5.41, 5.74) is 1.81. The molecule has 0 aliphatic carbocycles. The van der Waals surface area contributed by atoms with Crippen molar-refractivity contribution in [2.45, 2.75) is 13.3 Å². The fraction of sp³-hybridized carbons (Fsp3) is 0.417. The first-order valence-corrected chi connectivity index (χ1v) is 5.33. The van der Waals surface area contributed by atoms with Crippen molar-refractivity contribution >= 4 is 17.3 Å². The van der Waals surface area contributed by atoms with Gasteiger partial charge in [0.05, 0.1) is 0 Å². The second-order valence-electron chi connectivity index (χ2n) is 3.54. The molecule has 4 heteroatoms. The number of nitrogens with one attached hydrogen (secondary N) is 2. The summed E-state index contributed by atoms with van der Waals surface area (Å²) in [6, 6.07) is 7.65. The molecule has 4 nitrogen and oxygen atoms in total. The van der Waals surface area contributed by atoms with Crippen LogP contribution in [0, 0.1) is 0 Å². The Morgan fingerprint density at radius 2 is 2.12 bits per heavy atom. The molecule has 0 atom stereocenters. The van der Waals surface area contributed by atoms with Gasteiger partial charge in [0.15, 0.2) is 0 Å². The Morgan fingerprint density at radius 1 is 1.38 bits per heavy atom. The molecule has 88 valence electrons. The van der Waals surface area contributed by atoms with E-state index in [1.807, 2.05) is 24.3 Å². The van der Waals surface area contributed by atoms with Crippen molar-refractivity contribution in [2.24, 2.45) is 0 Å². The van der Waals surface area contributed by atoms with E-state index in [1.54, 1.807) is 7.11 Å². The van der Waals surface area contributed by atoms with Gasteiger partial charge in [0.1, 0.15) is 0 Å². The molecule has 0 fully saturated rings. The van der Waals surface area contributed by atoms with Crippen molar-refractivity contribution in [1.82, 2.24) is 0 Å². The van der Waals surface area contributed by atoms with Gasteiger partial charge in [-0.25, -0.2) is 0 Å². The summed E-state index contributed by atoms with van der Waals surface area (Å²) < 4.78 is 4.96. The number of carbonyl (C=O) groups excluding carboxylic acids is 1. The SMILES string of the molecule is COCCCNc1cccc(NC(C)=O)c1. The van der Waals surface area contributed by atoms with E-state index in [9.17, 15) is 4.79 Å². The molecule has 16 heavy (non-hydrogen) atoms. The van der Waals surface area contributed by atoms with Crippen LogP contribution in [-0.2, 0) is 9.53 Å². The number of rotatable bonds is 6. The Balaban J connectivity index is 2.44. The quantitative estimate of drug-likeness (QED) is 0.725. The minimum atomic E-state index is -0.0588. The molecule has 1 rings (SSSR count). The number of benzene rings is 1. The smallest absolute Gasteiger partial charge is 0.221 e. The highest BCUT2D eigenvalue weighted by Gasteiger charge is 1.97. The number of methoxy groups -OCH3 is 1. The van der Waals surface area contributed by atoms with Gasteiger partial charge in [0.2, 0.25) is 5.91 Å². The van der Waals surface area contributed by atoms with Gasteiger partial charge in [0.25, 0.3) is 0 Å². The lowest BCUT2D eigenvalue weighted by Crippen LogP contribution is -2.07. The van der Waals surface area contributed by atoms with Crippen LogP contribution < -0.4 is 10.6 Å². The molecule has 1 aromatic rings. The molecule has 1 amide bonds. The predicted octanol–water partition coefficient (Wildman–Crippen LogP) is 2.09. The van der Waals surface area contributed by atoms with E-state index in [4.69, 9.17) is 4.74 Å². The van der Waals surface area contributed by atoms with Crippen molar-refractivity contribution in [3.8, 4) is 0 Å². The lowest BCUT2D eigenvalue weighted by molar-refractivity contribution is -0.114. The molecule has 1 aromatic carbocycles. The van der Waals surface area contributed by atoms with Crippen LogP contribution >= 0.6 is 0 Å². The van der Waals surface area contributed by atoms with Crippen LogP contribution in [-0.4, -0.2) is 26.2 Å². The van der Waals surface area contributed by atoms with Crippen LogP contribution in [0.15, 0.2) is 24.3 Å². The summed E-state index contributed by atoms with van der Waals surface area (Å²) in [5.74, 6) is -0.0588. The van der Waals surface area contributed by atoms with E-state index in [0.717, 1.165) is 30.9 Å². The molecule has 2 N–H and O–H groups in total. The average Bonchev–Trinajstić information content (AvgIpc) is 2.24. The third-order valence-electron chi connectivity index (χ3n) is 2.04. The molecule has 0 heterocycles. The summed E-state index contributed by atoms with van der Waals surface area (Å²) in [5, 5.41) is 6.00. The Kier molecular flexibility index (Phi) is 5.36. The number of ether oxygens (including phenoxy) is 1. The third kappa shape index (κ3) is 4.79. The van der Waals surface area contributed by atoms with Gasteiger partial charge < -0.3 is 15.4 Å². The van der Waals surface area contributed by atoms with Crippen LogP contribution in [0.5, 0.6) is 0 Å². The molecule has 0 bridgehead atoms. The zero-order valence-electron chi connectivity index (χ0n) is 9.75. The second kappa shape index (κ2) is 6.85. The van der Waals surface area contributed by atoms with Crippen LogP contribution in [0.25, 0.3) is 0 Å². The highest BCUT2D eigenvalue weighted by Crippen LogP contribution is 2.14. The second-order valence-corrected chi connectivity index (χ2v) is 3.54. The Labute approximate surface area is 96.0 Å². The molecule has 0 aliphatic heterocycles. The molecule has 0 unspecified atom stereocenters. The molecule has 0 radical (unpaired) electrons. The minimum Gasteiger partial charge on any atom is -0.385 e. The Hall–Kier alpha value is -1.55. The van der Waals surface area contributed by atoms with Crippen molar-refractivity contribution in [1.29, 1.82) is 0 Å². The van der Waals surface area contributed by atoms with Crippen LogP contribution in [0.3, 0.4) is 0 Å². The van der Waals surface area contributed by atoms with E-state index in [2.05, 4.69) is 10.6 Å². The van der Waals surface area contributed by atoms with E-state index in [-0.39, 0.29) is 5.91 Å². The Morgan fingerprint density at radius 3 is 2.81 bits per heavy atom. The predicted molar refractivity (Wildman–Crippen MR) is 65.7 cm³/mol. The summed E-state index contributed by atoms with van der Waals surface area (Å²) in [4.78, 5) is 10.9. The summed E-state index contributed by atoms with van der Waals surface area (Å²) >= 11 is 0. The van der Waals surface area contributed by atoms with Gasteiger partial charge in [0, 0.05) is 38.6 Å². The number of carbonyl (C=O) groups is 1. The molecular formula is C12H18N2O2. The largest absolute Gasteiger partial charge is 0.385 e. The molecule has 0 saturated carbocycles. The lowest BCUT2D eigenvalue weighted by atomic mass is 10.2. The maximum Gasteiger partial charge on any atom is 0.221 e. The number of hydrogen-bond acceptors (Lipinski definition) is 3.